The van der Waals surface area contributed by atoms with Crippen LogP contribution in [0.1, 0.15) is 30.1 Å². The Kier molecular flexibility index (Phi) is 5.39. The van der Waals surface area contributed by atoms with Crippen molar-refractivity contribution in [2.45, 2.75) is 31.9 Å². The number of amides is 1. The number of aryl methyl sites for hydroxylation is 1. The van der Waals surface area contributed by atoms with Crippen LogP contribution in [-0.2, 0) is 9.53 Å². The number of thioether (sulfide) groups is 1. The Labute approximate surface area is 136 Å². The van der Waals surface area contributed by atoms with E-state index < -0.39 is 0 Å². The maximum Gasteiger partial charge on any atom is 0.238 e. The smallest absolute Gasteiger partial charge is 0.238 e. The van der Waals surface area contributed by atoms with Gasteiger partial charge in [-0.15, -0.1) is 11.8 Å². The van der Waals surface area contributed by atoms with Crippen LogP contribution in [0.5, 0.6) is 0 Å². The van der Waals surface area contributed by atoms with Crippen LogP contribution in [0.25, 0.3) is 0 Å². The van der Waals surface area contributed by atoms with Gasteiger partial charge in [0.15, 0.2) is 0 Å². The van der Waals surface area contributed by atoms with Gasteiger partial charge < -0.3 is 10.1 Å². The number of carbonyl (C=O) groups is 1. The fourth-order valence-electron chi connectivity index (χ4n) is 3.10. The van der Waals surface area contributed by atoms with Crippen LogP contribution < -0.4 is 10.6 Å². The van der Waals surface area contributed by atoms with Gasteiger partial charge in [-0.05, 0) is 25.3 Å². The minimum Gasteiger partial charge on any atom is -0.373 e. The van der Waals surface area contributed by atoms with Crippen molar-refractivity contribution in [1.82, 2.24) is 10.6 Å². The predicted molar refractivity (Wildman–Crippen MR) is 89.9 cm³/mol. The standard InChI is InChI=1S/C17H24N2O2S/c1-12-4-6-13(7-5-12)16-14(3-2-8-21-16)9-18-17(20)15-10-22-11-19-15/h4-7,14-16,19H,2-3,8-11H2,1H3,(H,18,20). The van der Waals surface area contributed by atoms with Gasteiger partial charge in [-0.25, -0.2) is 0 Å². The quantitative estimate of drug-likeness (QED) is 0.893. The molecule has 5 heteroatoms. The highest BCUT2D eigenvalue weighted by atomic mass is 32.2. The van der Waals surface area contributed by atoms with Crippen molar-refractivity contribution in [2.75, 3.05) is 24.8 Å². The second kappa shape index (κ2) is 7.49. The van der Waals surface area contributed by atoms with Crippen molar-refractivity contribution in [3.8, 4) is 0 Å². The lowest BCUT2D eigenvalue weighted by molar-refractivity contribution is -0.123. The minimum absolute atomic E-state index is 0.0349. The molecule has 3 atom stereocenters. The Morgan fingerprint density at radius 2 is 2.23 bits per heavy atom. The zero-order valence-corrected chi connectivity index (χ0v) is 13.8. The minimum atomic E-state index is -0.0349. The summed E-state index contributed by atoms with van der Waals surface area (Å²) in [6, 6.07) is 8.52. The van der Waals surface area contributed by atoms with Crippen LogP contribution in [0.4, 0.5) is 0 Å². The van der Waals surface area contributed by atoms with Crippen molar-refractivity contribution in [1.29, 1.82) is 0 Å². The molecule has 2 heterocycles. The van der Waals surface area contributed by atoms with Crippen LogP contribution in [0.3, 0.4) is 0 Å². The van der Waals surface area contributed by atoms with Crippen molar-refractivity contribution >= 4 is 17.7 Å². The highest BCUT2D eigenvalue weighted by Gasteiger charge is 2.29. The lowest BCUT2D eigenvalue weighted by atomic mass is 9.89. The average molecular weight is 320 g/mol. The number of rotatable bonds is 4. The van der Waals surface area contributed by atoms with E-state index in [1.807, 2.05) is 0 Å². The van der Waals surface area contributed by atoms with E-state index in [-0.39, 0.29) is 18.1 Å². The van der Waals surface area contributed by atoms with Crippen molar-refractivity contribution in [3.63, 3.8) is 0 Å². The van der Waals surface area contributed by atoms with Gasteiger partial charge in [-0.1, -0.05) is 29.8 Å². The molecule has 2 N–H and O–H groups in total. The molecule has 4 nitrogen and oxygen atoms in total. The number of hydrogen-bond acceptors (Lipinski definition) is 4. The normalized spacial score (nSPS) is 28.5. The number of nitrogens with one attached hydrogen (secondary N) is 2. The predicted octanol–water partition coefficient (Wildman–Crippen LogP) is 2.24. The molecule has 0 spiro atoms. The van der Waals surface area contributed by atoms with Gasteiger partial charge >= 0.3 is 0 Å². The van der Waals surface area contributed by atoms with E-state index in [4.69, 9.17) is 4.74 Å². The van der Waals surface area contributed by atoms with Crippen LogP contribution in [-0.4, -0.2) is 36.7 Å². The SMILES string of the molecule is Cc1ccc(C2OCCCC2CNC(=O)C2CSCN2)cc1. The number of ether oxygens (including phenoxy) is 1. The molecule has 3 rings (SSSR count). The Hall–Kier alpha value is -1.04. The third kappa shape index (κ3) is 3.83. The molecular formula is C17H24N2O2S. The number of benzene rings is 1. The second-order valence-corrected chi connectivity index (χ2v) is 7.15. The first-order chi connectivity index (χ1) is 10.7. The fourth-order valence-corrected chi connectivity index (χ4v) is 4.04. The Morgan fingerprint density at radius 1 is 1.41 bits per heavy atom. The molecule has 120 valence electrons. The molecule has 2 fully saturated rings. The van der Waals surface area contributed by atoms with Gasteiger partial charge in [0.05, 0.1) is 12.1 Å². The maximum absolute atomic E-state index is 12.1. The van der Waals surface area contributed by atoms with Crippen molar-refractivity contribution in [3.05, 3.63) is 35.4 Å². The molecule has 22 heavy (non-hydrogen) atoms. The van der Waals surface area contributed by atoms with Crippen LogP contribution >= 0.6 is 11.8 Å². The highest BCUT2D eigenvalue weighted by Crippen LogP contribution is 2.33. The summed E-state index contributed by atoms with van der Waals surface area (Å²) in [6.07, 6.45) is 2.27. The molecule has 2 aliphatic rings. The first-order valence-corrected chi connectivity index (χ1v) is 9.16. The van der Waals surface area contributed by atoms with E-state index in [1.165, 1.54) is 11.1 Å². The molecule has 0 saturated carbocycles. The summed E-state index contributed by atoms with van der Waals surface area (Å²) in [4.78, 5) is 12.1. The summed E-state index contributed by atoms with van der Waals surface area (Å²) >= 11 is 1.77. The molecule has 0 bridgehead atoms. The zero-order chi connectivity index (χ0) is 15.4. The maximum atomic E-state index is 12.1. The lowest BCUT2D eigenvalue weighted by Gasteiger charge is -2.32. The monoisotopic (exact) mass is 320 g/mol. The van der Waals surface area contributed by atoms with Gasteiger partial charge in [-0.2, -0.15) is 0 Å². The zero-order valence-electron chi connectivity index (χ0n) is 13.0. The largest absolute Gasteiger partial charge is 0.373 e. The average Bonchev–Trinajstić information content (AvgIpc) is 3.08. The summed E-state index contributed by atoms with van der Waals surface area (Å²) in [5.41, 5.74) is 2.48. The van der Waals surface area contributed by atoms with E-state index in [1.54, 1.807) is 11.8 Å². The molecular weight excluding hydrogens is 296 g/mol. The van der Waals surface area contributed by atoms with Gasteiger partial charge in [0.1, 0.15) is 0 Å². The summed E-state index contributed by atoms with van der Waals surface area (Å²) in [6.45, 7) is 3.60. The van der Waals surface area contributed by atoms with Crippen LogP contribution in [0.2, 0.25) is 0 Å². The lowest BCUT2D eigenvalue weighted by Crippen LogP contribution is -2.44. The third-order valence-electron chi connectivity index (χ3n) is 4.42. The molecule has 2 saturated heterocycles. The second-order valence-electron chi connectivity index (χ2n) is 6.12. The Bertz CT molecular complexity index is 500. The topological polar surface area (TPSA) is 50.4 Å². The molecule has 0 aromatic heterocycles. The summed E-state index contributed by atoms with van der Waals surface area (Å²) in [5.74, 6) is 2.22. The molecule has 0 aliphatic carbocycles. The van der Waals surface area contributed by atoms with Crippen molar-refractivity contribution < 1.29 is 9.53 Å². The van der Waals surface area contributed by atoms with Gasteiger partial charge in [-0.3, -0.25) is 10.1 Å². The van der Waals surface area contributed by atoms with E-state index in [0.29, 0.717) is 12.5 Å². The third-order valence-corrected chi connectivity index (χ3v) is 5.36. The number of carbonyl (C=O) groups excluding carboxylic acids is 1. The van der Waals surface area contributed by atoms with Crippen LogP contribution in [0, 0.1) is 12.8 Å². The van der Waals surface area contributed by atoms with Crippen molar-refractivity contribution in [2.24, 2.45) is 5.92 Å². The first-order valence-electron chi connectivity index (χ1n) is 8.01. The highest BCUT2D eigenvalue weighted by molar-refractivity contribution is 7.99. The Balaban J connectivity index is 1.60. The first kappa shape index (κ1) is 15.8. The number of hydrogen-bond donors (Lipinski definition) is 2. The summed E-state index contributed by atoms with van der Waals surface area (Å²) in [5, 5.41) is 6.32. The summed E-state index contributed by atoms with van der Waals surface area (Å²) < 4.78 is 6.00. The van der Waals surface area contributed by atoms with E-state index in [2.05, 4.69) is 41.8 Å². The summed E-state index contributed by atoms with van der Waals surface area (Å²) in [7, 11) is 0. The van der Waals surface area contributed by atoms with E-state index in [9.17, 15) is 4.79 Å². The molecule has 1 aromatic rings. The Morgan fingerprint density at radius 3 is 2.95 bits per heavy atom. The molecule has 0 radical (unpaired) electrons. The van der Waals surface area contributed by atoms with Gasteiger partial charge in [0, 0.05) is 30.7 Å². The molecule has 1 aromatic carbocycles. The molecule has 3 unspecified atom stereocenters. The van der Waals surface area contributed by atoms with E-state index in [0.717, 1.165) is 31.1 Å². The van der Waals surface area contributed by atoms with Crippen LogP contribution in [0.15, 0.2) is 24.3 Å². The molecule has 2 aliphatic heterocycles. The van der Waals surface area contributed by atoms with E-state index >= 15 is 0 Å². The van der Waals surface area contributed by atoms with Gasteiger partial charge in [0.25, 0.3) is 0 Å². The van der Waals surface area contributed by atoms with Gasteiger partial charge in [0.2, 0.25) is 5.91 Å². The fraction of sp³-hybridized carbons (Fsp3) is 0.588. The molecule has 1 amide bonds.